The van der Waals surface area contributed by atoms with Gasteiger partial charge in [0.15, 0.2) is 0 Å². The molecule has 0 aromatic carbocycles. The van der Waals surface area contributed by atoms with Crippen LogP contribution >= 0.6 is 11.8 Å². The molecule has 7 N–H and O–H groups in total. The number of aliphatic hydroxyl groups is 3. The van der Waals surface area contributed by atoms with Crippen LogP contribution in [0.3, 0.4) is 0 Å². The molecular formula is C67H121N11O14S. The van der Waals surface area contributed by atoms with E-state index >= 15 is 28.8 Å². The number of likely N-dealkylation sites (N-methyl/N-ethyl adjacent to an activating group) is 7. The van der Waals surface area contributed by atoms with E-state index in [0.29, 0.717) is 18.6 Å². The van der Waals surface area contributed by atoms with Gasteiger partial charge in [-0.05, 0) is 121 Å². The molecule has 1 aliphatic heterocycles. The summed E-state index contributed by atoms with van der Waals surface area (Å²) in [5.41, 5.74) is -1.60. The lowest BCUT2D eigenvalue weighted by molar-refractivity contribution is -0.157. The van der Waals surface area contributed by atoms with E-state index < -0.39 is 161 Å². The Kier molecular flexibility index (Phi) is 35.9. The van der Waals surface area contributed by atoms with Crippen molar-refractivity contribution >= 4 is 76.7 Å². The summed E-state index contributed by atoms with van der Waals surface area (Å²) in [7, 11) is 9.77. The van der Waals surface area contributed by atoms with Crippen molar-refractivity contribution in [2.75, 3.05) is 67.4 Å². The second-order valence-electron chi connectivity index (χ2n) is 28.2. The molecule has 93 heavy (non-hydrogen) atoms. The van der Waals surface area contributed by atoms with Crippen molar-refractivity contribution in [2.24, 2.45) is 35.5 Å². The molecule has 534 valence electrons. The van der Waals surface area contributed by atoms with Crippen molar-refractivity contribution in [1.82, 2.24) is 55.6 Å². The highest BCUT2D eigenvalue weighted by Gasteiger charge is 2.47. The van der Waals surface area contributed by atoms with Gasteiger partial charge in [-0.25, -0.2) is 0 Å². The van der Waals surface area contributed by atoms with E-state index in [2.05, 4.69) is 21.3 Å². The average molecular weight is 1340 g/mol. The molecule has 1 heterocycles. The third-order valence-electron chi connectivity index (χ3n) is 17.4. The van der Waals surface area contributed by atoms with E-state index in [4.69, 9.17) is 0 Å². The highest BCUT2D eigenvalue weighted by molar-refractivity contribution is 7.99. The number of rotatable bonds is 21. The Hall–Kier alpha value is -5.86. The molecule has 0 aromatic rings. The Morgan fingerprint density at radius 3 is 1.42 bits per heavy atom. The summed E-state index contributed by atoms with van der Waals surface area (Å²) in [4.78, 5) is 172. The second-order valence-corrected chi connectivity index (χ2v) is 29.4. The highest BCUT2D eigenvalue weighted by atomic mass is 32.2. The molecular weight excluding hydrogens is 1210 g/mol. The van der Waals surface area contributed by atoms with Crippen molar-refractivity contribution in [3.63, 3.8) is 0 Å². The first kappa shape index (κ1) is 85.2. The highest BCUT2D eigenvalue weighted by Crippen LogP contribution is 2.27. The van der Waals surface area contributed by atoms with Crippen LogP contribution in [0.4, 0.5) is 0 Å². The van der Waals surface area contributed by atoms with Gasteiger partial charge in [-0.3, -0.25) is 52.7 Å². The fraction of sp³-hybridized carbons (Fsp3) is 0.806. The number of amides is 11. The van der Waals surface area contributed by atoms with Gasteiger partial charge in [-0.1, -0.05) is 95.2 Å². The molecule has 1 saturated heterocycles. The minimum atomic E-state index is -1.67. The summed E-state index contributed by atoms with van der Waals surface area (Å²) in [6.45, 7) is 28.7. The average Bonchev–Trinajstić information content (AvgIpc) is 0.853. The quantitative estimate of drug-likeness (QED) is 0.0641. The first-order valence-corrected chi connectivity index (χ1v) is 34.4. The molecule has 0 saturated carbocycles. The zero-order chi connectivity index (χ0) is 72.0. The fourth-order valence-corrected chi connectivity index (χ4v) is 12.7. The number of carbonyl (C=O) groups is 11. The third-order valence-corrected chi connectivity index (χ3v) is 18.5. The van der Waals surface area contributed by atoms with Crippen LogP contribution in [-0.4, -0.2) is 260 Å². The molecule has 11 amide bonds. The molecule has 1 rings (SSSR count). The topological polar surface area (TPSA) is 319 Å². The van der Waals surface area contributed by atoms with Gasteiger partial charge in [0, 0.05) is 68.1 Å². The molecule has 0 aliphatic carbocycles. The van der Waals surface area contributed by atoms with Crippen LogP contribution in [0, 0.1) is 35.5 Å². The second kappa shape index (κ2) is 39.2. The standard InChI is InChI=1S/C67H121N11O14S/c1-25-27-30-43(13)55(80)54-59(84)70-46(26-2)61(86)76(22)51(37-93-32-29-28-31-79)64(89)75(21)50(36-67(16,17)92)58(83)71-52(41(9)10)65(90)72(18)47(33-38(3)4)57(82)68-44(14)56(81)69-45(15)60(85)73(19)48(34-39(5)6)62(87)74(20)49(35-40(7)8)63(88)77(23)53(42(11)12)66(91)78(54)24/h25,27,38-55,79-80,92H,26,28-37H2,1-24H3,(H,68,82)(H,69,81)(H,70,84)(H,71,83)/b27-25+/t43-,44+,45-,46+,47+,48+,49+,50+,51+,52+,53+,54+,55-/m1/s1. The smallest absolute Gasteiger partial charge is 0.246 e. The SMILES string of the molecule is C/C=C/C[C@@H](C)[C@@H](O)[C@H]1C(=O)N[C@@H](CC)C(=O)N(C)[C@@H](CSCCCCO)C(=O)N(C)[C@@H](CC(C)(C)O)C(=O)N[C@@H](C(C)C)C(=O)N(C)[C@@H](CC(C)C)C(=O)N[C@@H](C)C(=O)N[C@H](C)C(=O)N(C)[C@@H](CC(C)C)C(=O)N(C)[C@@H](CC(C)C)C(=O)N(C)[C@@H](C(C)C)C(=O)N1C. The molecule has 0 spiro atoms. The Labute approximate surface area is 560 Å². The van der Waals surface area contributed by atoms with Crippen LogP contribution in [0.15, 0.2) is 12.2 Å². The van der Waals surface area contributed by atoms with Gasteiger partial charge in [0.05, 0.1) is 11.7 Å². The predicted octanol–water partition coefficient (Wildman–Crippen LogP) is 3.26. The van der Waals surface area contributed by atoms with Gasteiger partial charge < -0.3 is 70.9 Å². The number of aliphatic hydroxyl groups excluding tert-OH is 2. The van der Waals surface area contributed by atoms with Crippen molar-refractivity contribution in [1.29, 1.82) is 0 Å². The number of unbranched alkanes of at least 4 members (excludes halogenated alkanes) is 1. The van der Waals surface area contributed by atoms with Crippen LogP contribution in [-0.2, 0) is 52.7 Å². The van der Waals surface area contributed by atoms with Gasteiger partial charge in [0.2, 0.25) is 65.0 Å². The van der Waals surface area contributed by atoms with Gasteiger partial charge >= 0.3 is 0 Å². The van der Waals surface area contributed by atoms with Crippen LogP contribution < -0.4 is 21.3 Å². The number of allylic oxidation sites excluding steroid dienone is 2. The molecule has 25 nitrogen and oxygen atoms in total. The molecule has 13 atom stereocenters. The number of hydrogen-bond donors (Lipinski definition) is 7. The van der Waals surface area contributed by atoms with Crippen LogP contribution in [0.2, 0.25) is 0 Å². The van der Waals surface area contributed by atoms with Crippen LogP contribution in [0.1, 0.15) is 169 Å². The fourth-order valence-electron chi connectivity index (χ4n) is 11.5. The Balaban J connectivity index is 4.56. The van der Waals surface area contributed by atoms with Crippen molar-refractivity contribution in [3.05, 3.63) is 12.2 Å². The lowest BCUT2D eigenvalue weighted by Crippen LogP contribution is -2.64. The summed E-state index contributed by atoms with van der Waals surface area (Å²) in [6.07, 6.45) is 3.28. The van der Waals surface area contributed by atoms with Gasteiger partial charge in [0.25, 0.3) is 0 Å². The number of carbonyl (C=O) groups excluding carboxylic acids is 11. The first-order valence-electron chi connectivity index (χ1n) is 33.3. The van der Waals surface area contributed by atoms with E-state index in [0.717, 1.165) is 14.7 Å². The van der Waals surface area contributed by atoms with E-state index in [1.54, 1.807) is 60.6 Å². The number of hydrogen-bond acceptors (Lipinski definition) is 15. The summed E-state index contributed by atoms with van der Waals surface area (Å²) >= 11 is 1.30. The summed E-state index contributed by atoms with van der Waals surface area (Å²) in [5, 5.41) is 44.2. The molecule has 26 heteroatoms. The largest absolute Gasteiger partial charge is 0.396 e. The van der Waals surface area contributed by atoms with Gasteiger partial charge in [-0.2, -0.15) is 11.8 Å². The van der Waals surface area contributed by atoms with Crippen LogP contribution in [0.25, 0.3) is 0 Å². The lowest BCUT2D eigenvalue weighted by Gasteiger charge is -2.41. The molecule has 1 fully saturated rings. The third kappa shape index (κ3) is 25.0. The van der Waals surface area contributed by atoms with E-state index in [9.17, 15) is 39.3 Å². The molecule has 0 bridgehead atoms. The van der Waals surface area contributed by atoms with Gasteiger partial charge in [0.1, 0.15) is 66.5 Å². The summed E-state index contributed by atoms with van der Waals surface area (Å²) in [5.74, 6) is -10.1. The first-order chi connectivity index (χ1) is 43.0. The van der Waals surface area contributed by atoms with E-state index in [-0.39, 0.29) is 68.6 Å². The Morgan fingerprint density at radius 2 is 0.946 bits per heavy atom. The maximum Gasteiger partial charge on any atom is 0.246 e. The number of nitrogens with one attached hydrogen (secondary N) is 4. The van der Waals surface area contributed by atoms with Crippen molar-refractivity contribution < 1.29 is 68.1 Å². The zero-order valence-corrected chi connectivity index (χ0v) is 61.5. The molecule has 0 aromatic heterocycles. The summed E-state index contributed by atoms with van der Waals surface area (Å²) < 4.78 is 0. The van der Waals surface area contributed by atoms with E-state index in [1.807, 2.05) is 41.5 Å². The Bertz CT molecular complexity index is 2530. The maximum absolute atomic E-state index is 15.3. The van der Waals surface area contributed by atoms with Crippen molar-refractivity contribution in [3.8, 4) is 0 Å². The predicted molar refractivity (Wildman–Crippen MR) is 362 cm³/mol. The lowest BCUT2D eigenvalue weighted by atomic mass is 9.91. The van der Waals surface area contributed by atoms with Crippen LogP contribution in [0.5, 0.6) is 0 Å². The minimum absolute atomic E-state index is 0.0336. The maximum atomic E-state index is 15.3. The molecule has 0 radical (unpaired) electrons. The molecule has 0 unspecified atom stereocenters. The van der Waals surface area contributed by atoms with Gasteiger partial charge in [-0.15, -0.1) is 0 Å². The van der Waals surface area contributed by atoms with E-state index in [1.165, 1.54) is 108 Å². The molecule has 1 aliphatic rings. The van der Waals surface area contributed by atoms with Crippen molar-refractivity contribution in [2.45, 2.75) is 247 Å². The number of nitrogens with zero attached hydrogens (tertiary/aromatic N) is 7. The normalized spacial score (nSPS) is 26.6. The number of thioether (sulfide) groups is 1. The zero-order valence-electron chi connectivity index (χ0n) is 60.7. The monoisotopic (exact) mass is 1340 g/mol. The minimum Gasteiger partial charge on any atom is -0.396 e. The summed E-state index contributed by atoms with van der Waals surface area (Å²) in [6, 6.07) is -14.5. The Morgan fingerprint density at radius 1 is 0.505 bits per heavy atom.